The lowest BCUT2D eigenvalue weighted by molar-refractivity contribution is -0.129. The average molecular weight is 379 g/mol. The maximum Gasteiger partial charge on any atom is 0.260 e. The molecular weight excluding hydrogens is 354 g/mol. The van der Waals surface area contributed by atoms with Gasteiger partial charge in [0.05, 0.1) is 6.54 Å². The maximum absolute atomic E-state index is 12.4. The molecule has 2 aromatic rings. The summed E-state index contributed by atoms with van der Waals surface area (Å²) in [7, 11) is -2.13. The van der Waals surface area contributed by atoms with Crippen LogP contribution in [-0.4, -0.2) is 55.0 Å². The number of carbonyl (C=O) groups is 1. The van der Waals surface area contributed by atoms with Crippen molar-refractivity contribution in [2.45, 2.75) is 18.4 Å². The van der Waals surface area contributed by atoms with Crippen LogP contribution in [0, 0.1) is 6.92 Å². The van der Waals surface area contributed by atoms with Crippen LogP contribution in [0.2, 0.25) is 0 Å². The maximum atomic E-state index is 12.4. The number of hydrogen-bond acceptors (Lipinski definition) is 5. The zero-order chi connectivity index (χ0) is 19.2. The van der Waals surface area contributed by atoms with Gasteiger partial charge in [0, 0.05) is 32.9 Å². The normalized spacial score (nSPS) is 11.5. The van der Waals surface area contributed by atoms with Gasteiger partial charge in [0.25, 0.3) is 10.0 Å². The van der Waals surface area contributed by atoms with Crippen LogP contribution >= 0.6 is 0 Å². The van der Waals surface area contributed by atoms with Crippen LogP contribution in [0.5, 0.6) is 0 Å². The summed E-state index contributed by atoms with van der Waals surface area (Å²) in [4.78, 5) is 18.0. The number of nitrogens with two attached hydrogens (primary N) is 1. The fourth-order valence-corrected chi connectivity index (χ4v) is 3.43. The Morgan fingerprint density at radius 3 is 2.54 bits per heavy atom. The first kappa shape index (κ1) is 20.1. The molecule has 0 radical (unpaired) electrons. The van der Waals surface area contributed by atoms with Gasteiger partial charge in [-0.3, -0.25) is 4.79 Å². The first-order chi connectivity index (χ1) is 12.3. The number of nitrogens with one attached hydrogen (secondary N) is 1. The summed E-state index contributed by atoms with van der Waals surface area (Å²) in [5.74, 6) is 0.256. The molecule has 2 rings (SSSR count). The van der Waals surface area contributed by atoms with Gasteiger partial charge in [0.2, 0.25) is 5.91 Å². The minimum Gasteiger partial charge on any atom is -0.340 e. The number of hydrogen-bond donors (Lipinski definition) is 2. The molecule has 0 saturated carbocycles. The van der Waals surface area contributed by atoms with Gasteiger partial charge in [0.1, 0.15) is 5.82 Å². The van der Waals surface area contributed by atoms with Gasteiger partial charge in [-0.15, -0.1) is 0 Å². The Balaban J connectivity index is 1.96. The van der Waals surface area contributed by atoms with Crippen LogP contribution in [0.15, 0.2) is 41.6 Å². The second kappa shape index (κ2) is 8.93. The molecule has 0 aliphatic heterocycles. The van der Waals surface area contributed by atoms with Crippen molar-refractivity contribution in [3.63, 3.8) is 0 Å². The topological polar surface area (TPSA) is 110 Å². The molecule has 142 valence electrons. The van der Waals surface area contributed by atoms with E-state index in [1.165, 1.54) is 6.20 Å². The van der Waals surface area contributed by atoms with Gasteiger partial charge >= 0.3 is 0 Å². The van der Waals surface area contributed by atoms with Crippen molar-refractivity contribution in [3.05, 3.63) is 47.9 Å². The molecule has 9 heteroatoms. The van der Waals surface area contributed by atoms with Crippen LogP contribution in [0.3, 0.4) is 0 Å². The number of imidazole rings is 1. The van der Waals surface area contributed by atoms with Crippen molar-refractivity contribution >= 4 is 15.9 Å². The Morgan fingerprint density at radius 2 is 1.96 bits per heavy atom. The average Bonchev–Trinajstić information content (AvgIpc) is 2.97. The Labute approximate surface area is 154 Å². The van der Waals surface area contributed by atoms with E-state index >= 15 is 0 Å². The number of aromatic nitrogens is 2. The fourth-order valence-electron chi connectivity index (χ4n) is 2.42. The fraction of sp³-hybridized carbons (Fsp3) is 0.412. The zero-order valence-corrected chi connectivity index (χ0v) is 15.9. The van der Waals surface area contributed by atoms with Gasteiger partial charge in [-0.1, -0.05) is 30.3 Å². The molecule has 26 heavy (non-hydrogen) atoms. The summed E-state index contributed by atoms with van der Waals surface area (Å²) >= 11 is 0. The van der Waals surface area contributed by atoms with Crippen LogP contribution in [-0.2, 0) is 28.3 Å². The third kappa shape index (κ3) is 5.38. The summed E-state index contributed by atoms with van der Waals surface area (Å²) in [5, 5.41) is -0.0973. The van der Waals surface area contributed by atoms with E-state index in [-0.39, 0.29) is 17.5 Å². The van der Waals surface area contributed by atoms with Crippen LogP contribution in [0.1, 0.15) is 11.4 Å². The molecule has 1 aromatic carbocycles. The van der Waals surface area contributed by atoms with E-state index in [2.05, 4.69) is 9.71 Å². The summed E-state index contributed by atoms with van der Waals surface area (Å²) in [6, 6.07) is 9.77. The minimum absolute atomic E-state index is 0.0973. The molecule has 0 bridgehead atoms. The van der Waals surface area contributed by atoms with E-state index in [1.54, 1.807) is 23.4 Å². The lowest BCUT2D eigenvalue weighted by Gasteiger charge is -2.22. The molecule has 0 fully saturated rings. The van der Waals surface area contributed by atoms with Crippen LogP contribution in [0.4, 0.5) is 0 Å². The number of rotatable bonds is 9. The highest BCUT2D eigenvalue weighted by Crippen LogP contribution is 2.07. The molecule has 0 atom stereocenters. The van der Waals surface area contributed by atoms with Gasteiger partial charge in [-0.05, 0) is 18.9 Å². The highest BCUT2D eigenvalue weighted by molar-refractivity contribution is 7.89. The van der Waals surface area contributed by atoms with Gasteiger partial charge < -0.3 is 15.2 Å². The monoisotopic (exact) mass is 379 g/mol. The molecule has 1 aromatic heterocycles. The predicted octanol–water partition coefficient (Wildman–Crippen LogP) is 0.0368. The molecule has 0 aliphatic carbocycles. The summed E-state index contributed by atoms with van der Waals surface area (Å²) in [6.45, 7) is 2.54. The van der Waals surface area contributed by atoms with E-state index in [0.29, 0.717) is 31.9 Å². The van der Waals surface area contributed by atoms with Gasteiger partial charge in [-0.25, -0.2) is 18.1 Å². The molecule has 8 nitrogen and oxygen atoms in total. The largest absolute Gasteiger partial charge is 0.340 e. The van der Waals surface area contributed by atoms with E-state index in [9.17, 15) is 13.2 Å². The van der Waals surface area contributed by atoms with Crippen LogP contribution < -0.4 is 10.5 Å². The number of nitrogens with zero attached hydrogens (tertiary/aromatic N) is 3. The quantitative estimate of drug-likeness (QED) is 0.639. The van der Waals surface area contributed by atoms with Gasteiger partial charge in [-0.2, -0.15) is 0 Å². The van der Waals surface area contributed by atoms with Crippen LogP contribution in [0.25, 0.3) is 0 Å². The zero-order valence-electron chi connectivity index (χ0n) is 15.1. The second-order valence-electron chi connectivity index (χ2n) is 5.97. The molecule has 1 heterocycles. The number of carbonyl (C=O) groups excluding carboxylic acids is 1. The molecule has 0 unspecified atom stereocenters. The van der Waals surface area contributed by atoms with Crippen molar-refractivity contribution < 1.29 is 13.2 Å². The third-order valence-corrected chi connectivity index (χ3v) is 5.31. The molecule has 0 saturated heterocycles. The Morgan fingerprint density at radius 1 is 1.27 bits per heavy atom. The van der Waals surface area contributed by atoms with E-state index < -0.39 is 10.0 Å². The molecule has 0 aliphatic rings. The first-order valence-corrected chi connectivity index (χ1v) is 9.83. The molecule has 3 N–H and O–H groups in total. The third-order valence-electron chi connectivity index (χ3n) is 4.04. The van der Waals surface area contributed by atoms with Crippen molar-refractivity contribution in [1.82, 2.24) is 19.2 Å². The number of aryl methyl sites for hydroxylation is 2. The van der Waals surface area contributed by atoms with Crippen molar-refractivity contribution in [2.24, 2.45) is 12.8 Å². The second-order valence-corrected chi connectivity index (χ2v) is 7.68. The molecule has 1 amide bonds. The number of amides is 1. The van der Waals surface area contributed by atoms with Gasteiger partial charge in [0.15, 0.2) is 5.03 Å². The SMILES string of the molecule is Cc1nc(S(=O)(=O)NCC(=O)N(CCN)CCc2ccccc2)cn1C. The number of benzene rings is 1. The van der Waals surface area contributed by atoms with E-state index in [4.69, 9.17) is 5.73 Å². The van der Waals surface area contributed by atoms with Crippen molar-refractivity contribution in [2.75, 3.05) is 26.2 Å². The molecule has 0 spiro atoms. The Hall–Kier alpha value is -2.23. The standard InChI is InChI=1S/C17H25N5O3S/c1-14-20-16(13-21(14)2)26(24,25)19-12-17(23)22(11-9-18)10-8-15-6-4-3-5-7-15/h3-7,13,19H,8-12,18H2,1-2H3. The lowest BCUT2D eigenvalue weighted by atomic mass is 10.1. The summed E-state index contributed by atoms with van der Waals surface area (Å²) in [5.41, 5.74) is 6.69. The molecular formula is C17H25N5O3S. The summed E-state index contributed by atoms with van der Waals surface area (Å²) < 4.78 is 28.5. The Kier molecular flexibility index (Phi) is 6.90. The van der Waals surface area contributed by atoms with Crippen molar-refractivity contribution in [3.8, 4) is 0 Å². The lowest BCUT2D eigenvalue weighted by Crippen LogP contribution is -2.43. The van der Waals surface area contributed by atoms with E-state index in [0.717, 1.165) is 5.56 Å². The summed E-state index contributed by atoms with van der Waals surface area (Å²) in [6.07, 6.45) is 2.09. The minimum atomic E-state index is -3.83. The predicted molar refractivity (Wildman–Crippen MR) is 98.9 cm³/mol. The first-order valence-electron chi connectivity index (χ1n) is 8.35. The smallest absolute Gasteiger partial charge is 0.260 e. The van der Waals surface area contributed by atoms with Crippen molar-refractivity contribution in [1.29, 1.82) is 0 Å². The number of sulfonamides is 1. The highest BCUT2D eigenvalue weighted by atomic mass is 32.2. The Bertz CT molecular complexity index is 814. The highest BCUT2D eigenvalue weighted by Gasteiger charge is 2.21. The van der Waals surface area contributed by atoms with E-state index in [1.807, 2.05) is 30.3 Å².